The lowest BCUT2D eigenvalue weighted by Gasteiger charge is -2.15. The molecule has 2 amide bonds. The number of amides is 2. The standard InChI is InChI=1S/C13H18IN3O2/c1-8(2)12(15)13(19)16-7-11(18)17-10-5-3-9(14)4-6-10/h3-6,8,12H,7,15H2,1-2H3,(H,16,19)(H,17,18)/t12-/m0/s1. The molecule has 6 heteroatoms. The highest BCUT2D eigenvalue weighted by molar-refractivity contribution is 14.1. The first-order chi connectivity index (χ1) is 8.90. The van der Waals surface area contributed by atoms with Crippen LogP contribution < -0.4 is 16.4 Å². The highest BCUT2D eigenvalue weighted by Gasteiger charge is 2.17. The summed E-state index contributed by atoms with van der Waals surface area (Å²) in [5, 5.41) is 5.21. The molecule has 0 saturated heterocycles. The van der Waals surface area contributed by atoms with Gasteiger partial charge < -0.3 is 16.4 Å². The van der Waals surface area contributed by atoms with Crippen LogP contribution in [0, 0.1) is 9.49 Å². The molecule has 19 heavy (non-hydrogen) atoms. The Kier molecular flexibility index (Phi) is 6.23. The summed E-state index contributed by atoms with van der Waals surface area (Å²) in [4.78, 5) is 23.2. The van der Waals surface area contributed by atoms with Crippen molar-refractivity contribution in [2.45, 2.75) is 19.9 Å². The molecule has 1 atom stereocenters. The van der Waals surface area contributed by atoms with Gasteiger partial charge in [0.1, 0.15) is 0 Å². The number of carbonyl (C=O) groups is 2. The monoisotopic (exact) mass is 375 g/mol. The van der Waals surface area contributed by atoms with Crippen LogP contribution >= 0.6 is 22.6 Å². The summed E-state index contributed by atoms with van der Waals surface area (Å²) < 4.78 is 1.09. The fourth-order valence-electron chi connectivity index (χ4n) is 1.33. The molecule has 0 aliphatic heterocycles. The SMILES string of the molecule is CC(C)[C@H](N)C(=O)NCC(=O)Nc1ccc(I)cc1. The van der Waals surface area contributed by atoms with Crippen molar-refractivity contribution in [3.05, 3.63) is 27.8 Å². The minimum absolute atomic E-state index is 0.0410. The van der Waals surface area contributed by atoms with E-state index in [1.165, 1.54) is 0 Å². The first-order valence-electron chi connectivity index (χ1n) is 5.99. The molecule has 1 rings (SSSR count). The average molecular weight is 375 g/mol. The molecule has 104 valence electrons. The van der Waals surface area contributed by atoms with Gasteiger partial charge in [-0.15, -0.1) is 0 Å². The van der Waals surface area contributed by atoms with Crippen LogP contribution in [0.2, 0.25) is 0 Å². The minimum Gasteiger partial charge on any atom is -0.346 e. The molecule has 5 nitrogen and oxygen atoms in total. The number of hydrogen-bond donors (Lipinski definition) is 3. The molecule has 0 fully saturated rings. The molecule has 0 spiro atoms. The average Bonchev–Trinajstić information content (AvgIpc) is 2.37. The number of hydrogen-bond acceptors (Lipinski definition) is 3. The molecule has 4 N–H and O–H groups in total. The molecule has 0 aromatic heterocycles. The molecule has 0 bridgehead atoms. The van der Waals surface area contributed by atoms with Gasteiger partial charge in [0.15, 0.2) is 0 Å². The Morgan fingerprint density at radius 1 is 1.26 bits per heavy atom. The van der Waals surface area contributed by atoms with Crippen LogP contribution in [-0.4, -0.2) is 24.4 Å². The van der Waals surface area contributed by atoms with Crippen LogP contribution in [0.4, 0.5) is 5.69 Å². The third kappa shape index (κ3) is 5.56. The molecule has 0 aliphatic rings. The van der Waals surface area contributed by atoms with E-state index in [1.807, 2.05) is 26.0 Å². The van der Waals surface area contributed by atoms with Crippen molar-refractivity contribution in [3.63, 3.8) is 0 Å². The molecular weight excluding hydrogens is 357 g/mol. The molecule has 1 aromatic carbocycles. The summed E-state index contributed by atoms with van der Waals surface area (Å²) in [5.74, 6) is -0.544. The van der Waals surface area contributed by atoms with Crippen LogP contribution in [0.15, 0.2) is 24.3 Å². The maximum Gasteiger partial charge on any atom is 0.243 e. The van der Waals surface area contributed by atoms with Gasteiger partial charge in [0.2, 0.25) is 11.8 Å². The zero-order chi connectivity index (χ0) is 14.4. The predicted octanol–water partition coefficient (Wildman–Crippen LogP) is 1.33. The Morgan fingerprint density at radius 3 is 2.37 bits per heavy atom. The smallest absolute Gasteiger partial charge is 0.243 e. The zero-order valence-electron chi connectivity index (χ0n) is 10.9. The Morgan fingerprint density at radius 2 is 1.84 bits per heavy atom. The summed E-state index contributed by atoms with van der Waals surface area (Å²) in [6.07, 6.45) is 0. The lowest BCUT2D eigenvalue weighted by Crippen LogP contribution is -2.46. The Bertz CT molecular complexity index is 446. The number of benzene rings is 1. The van der Waals surface area contributed by atoms with Gasteiger partial charge in [0.25, 0.3) is 0 Å². The number of rotatable bonds is 5. The van der Waals surface area contributed by atoms with E-state index in [4.69, 9.17) is 5.73 Å². The normalized spacial score (nSPS) is 12.1. The van der Waals surface area contributed by atoms with Crippen LogP contribution in [0.25, 0.3) is 0 Å². The summed E-state index contributed by atoms with van der Waals surface area (Å²) in [6.45, 7) is 3.64. The molecular formula is C13H18IN3O2. The summed E-state index contributed by atoms with van der Waals surface area (Å²) in [6, 6.07) is 6.81. The molecule has 0 unspecified atom stereocenters. The van der Waals surface area contributed by atoms with Gasteiger partial charge in [-0.05, 0) is 52.8 Å². The van der Waals surface area contributed by atoms with Gasteiger partial charge in [-0.3, -0.25) is 9.59 Å². The van der Waals surface area contributed by atoms with Gasteiger partial charge in [0.05, 0.1) is 12.6 Å². The van der Waals surface area contributed by atoms with E-state index in [2.05, 4.69) is 33.2 Å². The maximum atomic E-state index is 11.6. The van der Waals surface area contributed by atoms with Crippen molar-refractivity contribution < 1.29 is 9.59 Å². The van der Waals surface area contributed by atoms with E-state index in [0.717, 1.165) is 3.57 Å². The highest BCUT2D eigenvalue weighted by atomic mass is 127. The number of anilines is 1. The van der Waals surface area contributed by atoms with E-state index in [9.17, 15) is 9.59 Å². The first-order valence-corrected chi connectivity index (χ1v) is 7.06. The van der Waals surface area contributed by atoms with Crippen molar-refractivity contribution in [3.8, 4) is 0 Å². The predicted molar refractivity (Wildman–Crippen MR) is 83.6 cm³/mol. The van der Waals surface area contributed by atoms with Crippen LogP contribution in [0.1, 0.15) is 13.8 Å². The first kappa shape index (κ1) is 15.9. The minimum atomic E-state index is -0.592. The second-order valence-corrected chi connectivity index (χ2v) is 5.79. The lowest BCUT2D eigenvalue weighted by atomic mass is 10.1. The lowest BCUT2D eigenvalue weighted by molar-refractivity contribution is -0.125. The number of carbonyl (C=O) groups excluding carboxylic acids is 2. The quantitative estimate of drug-likeness (QED) is 0.679. The van der Waals surface area contributed by atoms with E-state index in [-0.39, 0.29) is 24.3 Å². The zero-order valence-corrected chi connectivity index (χ0v) is 13.1. The summed E-state index contributed by atoms with van der Waals surface area (Å²) >= 11 is 2.19. The largest absolute Gasteiger partial charge is 0.346 e. The summed E-state index contributed by atoms with van der Waals surface area (Å²) in [7, 11) is 0. The number of nitrogens with one attached hydrogen (secondary N) is 2. The molecule has 0 radical (unpaired) electrons. The Hall–Kier alpha value is -1.15. The van der Waals surface area contributed by atoms with E-state index in [0.29, 0.717) is 5.69 Å². The third-order valence-electron chi connectivity index (χ3n) is 2.57. The van der Waals surface area contributed by atoms with Crippen molar-refractivity contribution in [2.24, 2.45) is 11.7 Å². The van der Waals surface area contributed by atoms with Crippen LogP contribution in [0.5, 0.6) is 0 Å². The van der Waals surface area contributed by atoms with Crippen molar-refractivity contribution in [2.75, 3.05) is 11.9 Å². The molecule has 0 aliphatic carbocycles. The Labute approximate surface area is 126 Å². The van der Waals surface area contributed by atoms with Crippen molar-refractivity contribution >= 4 is 40.1 Å². The van der Waals surface area contributed by atoms with Gasteiger partial charge in [0, 0.05) is 9.26 Å². The van der Waals surface area contributed by atoms with E-state index in [1.54, 1.807) is 12.1 Å². The maximum absolute atomic E-state index is 11.6. The van der Waals surface area contributed by atoms with Crippen LogP contribution in [0.3, 0.4) is 0 Å². The van der Waals surface area contributed by atoms with Crippen molar-refractivity contribution in [1.29, 1.82) is 0 Å². The topological polar surface area (TPSA) is 84.2 Å². The van der Waals surface area contributed by atoms with Gasteiger partial charge >= 0.3 is 0 Å². The van der Waals surface area contributed by atoms with E-state index < -0.39 is 6.04 Å². The fourth-order valence-corrected chi connectivity index (χ4v) is 1.69. The molecule has 0 saturated carbocycles. The number of nitrogens with two attached hydrogens (primary N) is 1. The Balaban J connectivity index is 2.40. The second-order valence-electron chi connectivity index (χ2n) is 4.54. The van der Waals surface area contributed by atoms with Gasteiger partial charge in [-0.2, -0.15) is 0 Å². The number of halogens is 1. The molecule has 1 aromatic rings. The van der Waals surface area contributed by atoms with Gasteiger partial charge in [-0.25, -0.2) is 0 Å². The second kappa shape index (κ2) is 7.44. The summed E-state index contributed by atoms with van der Waals surface area (Å²) in [5.41, 5.74) is 6.37. The van der Waals surface area contributed by atoms with E-state index >= 15 is 0 Å². The molecule has 0 heterocycles. The van der Waals surface area contributed by atoms with Crippen molar-refractivity contribution in [1.82, 2.24) is 5.32 Å². The highest BCUT2D eigenvalue weighted by Crippen LogP contribution is 2.10. The fraction of sp³-hybridized carbons (Fsp3) is 0.385. The van der Waals surface area contributed by atoms with Crippen LogP contribution in [-0.2, 0) is 9.59 Å². The third-order valence-corrected chi connectivity index (χ3v) is 3.29. The van der Waals surface area contributed by atoms with Gasteiger partial charge in [-0.1, -0.05) is 13.8 Å².